The Balaban J connectivity index is 2.45. The van der Waals surface area contributed by atoms with E-state index in [2.05, 4.69) is 18.9 Å². The molecule has 0 atom stereocenters. The smallest absolute Gasteiger partial charge is 0.233 e. The van der Waals surface area contributed by atoms with Crippen LogP contribution in [0.2, 0.25) is 0 Å². The van der Waals surface area contributed by atoms with E-state index in [9.17, 15) is 4.79 Å². The third kappa shape index (κ3) is 4.05. The Morgan fingerprint density at radius 1 is 1.25 bits per heavy atom. The molecule has 0 heterocycles. The second-order valence-electron chi connectivity index (χ2n) is 4.13. The van der Waals surface area contributed by atoms with Crippen LogP contribution in [0.4, 0.5) is 5.69 Å². The van der Waals surface area contributed by atoms with E-state index in [1.54, 1.807) is 6.07 Å². The number of benzene rings is 1. The number of rotatable bonds is 7. The maximum atomic E-state index is 10.5. The standard InChI is InChI=1S/C14H20NO/c1-3-4-5-6-10-15(2)14-9-7-8-13(11-14)12-16/h7-9,11H,3-6,10H2,1-2H3. The zero-order chi connectivity index (χ0) is 11.8. The van der Waals surface area contributed by atoms with Gasteiger partial charge in [0.25, 0.3) is 0 Å². The molecular weight excluding hydrogens is 198 g/mol. The van der Waals surface area contributed by atoms with Crippen LogP contribution in [-0.4, -0.2) is 19.9 Å². The molecule has 2 heteroatoms. The average Bonchev–Trinajstić information content (AvgIpc) is 2.34. The van der Waals surface area contributed by atoms with Crippen LogP contribution in [0.1, 0.15) is 38.2 Å². The van der Waals surface area contributed by atoms with Gasteiger partial charge in [0.2, 0.25) is 6.29 Å². The van der Waals surface area contributed by atoms with E-state index in [-0.39, 0.29) is 0 Å². The minimum atomic E-state index is 0.623. The molecule has 1 radical (unpaired) electrons. The van der Waals surface area contributed by atoms with Crippen LogP contribution >= 0.6 is 0 Å². The zero-order valence-corrected chi connectivity index (χ0v) is 10.2. The summed E-state index contributed by atoms with van der Waals surface area (Å²) in [5.74, 6) is 0. The molecule has 1 aromatic carbocycles. The fourth-order valence-electron chi connectivity index (χ4n) is 1.71. The van der Waals surface area contributed by atoms with Crippen LogP contribution in [0.25, 0.3) is 0 Å². The number of nitrogens with zero attached hydrogens (tertiary/aromatic N) is 1. The molecule has 0 aliphatic carbocycles. The Hall–Kier alpha value is -1.31. The molecule has 0 saturated heterocycles. The highest BCUT2D eigenvalue weighted by molar-refractivity contribution is 5.77. The van der Waals surface area contributed by atoms with Crippen molar-refractivity contribution in [3.8, 4) is 0 Å². The highest BCUT2D eigenvalue weighted by Gasteiger charge is 2.01. The van der Waals surface area contributed by atoms with Crippen LogP contribution in [0.5, 0.6) is 0 Å². The maximum Gasteiger partial charge on any atom is 0.233 e. The first-order valence-corrected chi connectivity index (χ1v) is 5.97. The molecule has 0 aromatic heterocycles. The molecule has 0 aliphatic heterocycles. The van der Waals surface area contributed by atoms with E-state index >= 15 is 0 Å². The molecule has 0 aliphatic rings. The van der Waals surface area contributed by atoms with E-state index in [0.29, 0.717) is 5.56 Å². The number of hydrogen-bond acceptors (Lipinski definition) is 2. The van der Waals surface area contributed by atoms with Gasteiger partial charge in [0.15, 0.2) is 0 Å². The van der Waals surface area contributed by atoms with E-state index in [0.717, 1.165) is 12.2 Å². The van der Waals surface area contributed by atoms with Crippen LogP contribution in [0.3, 0.4) is 0 Å². The predicted molar refractivity (Wildman–Crippen MR) is 68.6 cm³/mol. The summed E-state index contributed by atoms with van der Waals surface area (Å²) in [6, 6.07) is 7.59. The summed E-state index contributed by atoms with van der Waals surface area (Å²) in [7, 11) is 2.07. The summed E-state index contributed by atoms with van der Waals surface area (Å²) in [5, 5.41) is 0. The van der Waals surface area contributed by atoms with Gasteiger partial charge in [-0.2, -0.15) is 0 Å². The van der Waals surface area contributed by atoms with Crippen molar-refractivity contribution in [2.24, 2.45) is 0 Å². The highest BCUT2D eigenvalue weighted by Crippen LogP contribution is 2.14. The molecule has 0 saturated carbocycles. The third-order valence-electron chi connectivity index (χ3n) is 2.75. The Bertz CT molecular complexity index is 322. The lowest BCUT2D eigenvalue weighted by Gasteiger charge is -2.19. The fourth-order valence-corrected chi connectivity index (χ4v) is 1.71. The molecule has 87 valence electrons. The lowest BCUT2D eigenvalue weighted by atomic mass is 10.1. The lowest BCUT2D eigenvalue weighted by molar-refractivity contribution is 0.562. The van der Waals surface area contributed by atoms with Gasteiger partial charge >= 0.3 is 0 Å². The van der Waals surface area contributed by atoms with Crippen LogP contribution < -0.4 is 4.90 Å². The lowest BCUT2D eigenvalue weighted by Crippen LogP contribution is -2.18. The van der Waals surface area contributed by atoms with Gasteiger partial charge in [-0.3, -0.25) is 4.79 Å². The van der Waals surface area contributed by atoms with Crippen molar-refractivity contribution in [1.29, 1.82) is 0 Å². The minimum Gasteiger partial charge on any atom is -0.375 e. The molecule has 0 unspecified atom stereocenters. The Morgan fingerprint density at radius 2 is 2.06 bits per heavy atom. The third-order valence-corrected chi connectivity index (χ3v) is 2.75. The first kappa shape index (κ1) is 12.8. The second kappa shape index (κ2) is 7.04. The van der Waals surface area contributed by atoms with Crippen molar-refractivity contribution in [1.82, 2.24) is 0 Å². The van der Waals surface area contributed by atoms with Gasteiger partial charge in [-0.1, -0.05) is 38.3 Å². The van der Waals surface area contributed by atoms with Crippen molar-refractivity contribution in [3.63, 3.8) is 0 Å². The van der Waals surface area contributed by atoms with Gasteiger partial charge in [0.05, 0.1) is 0 Å². The minimum absolute atomic E-state index is 0.623. The quantitative estimate of drug-likeness (QED) is 0.655. The molecule has 1 aromatic rings. The summed E-state index contributed by atoms with van der Waals surface area (Å²) in [6.45, 7) is 3.26. The van der Waals surface area contributed by atoms with Gasteiger partial charge in [-0.25, -0.2) is 0 Å². The van der Waals surface area contributed by atoms with Crippen LogP contribution in [-0.2, 0) is 4.79 Å². The Kier molecular flexibility index (Phi) is 5.62. The van der Waals surface area contributed by atoms with Crippen molar-refractivity contribution in [2.75, 3.05) is 18.5 Å². The Labute approximate surface area is 98.3 Å². The summed E-state index contributed by atoms with van der Waals surface area (Å²) in [5.41, 5.74) is 1.72. The average molecular weight is 218 g/mol. The molecule has 0 fully saturated rings. The predicted octanol–water partition coefficient (Wildman–Crippen LogP) is 3.16. The highest BCUT2D eigenvalue weighted by atomic mass is 16.1. The SMILES string of the molecule is CCCCCCN(C)c1cccc([C]=O)c1. The number of unbranched alkanes of at least 4 members (excludes halogenated alkanes) is 3. The first-order chi connectivity index (χ1) is 7.77. The van der Waals surface area contributed by atoms with Crippen molar-refractivity contribution < 1.29 is 4.79 Å². The van der Waals surface area contributed by atoms with Gasteiger partial charge in [-0.15, -0.1) is 0 Å². The molecule has 2 nitrogen and oxygen atoms in total. The van der Waals surface area contributed by atoms with E-state index in [1.165, 1.54) is 25.7 Å². The maximum absolute atomic E-state index is 10.5. The number of carbonyl (C=O) groups excluding carboxylic acids is 1. The normalized spacial score (nSPS) is 10.1. The van der Waals surface area contributed by atoms with Gasteiger partial charge in [0.1, 0.15) is 0 Å². The first-order valence-electron chi connectivity index (χ1n) is 5.97. The van der Waals surface area contributed by atoms with E-state index in [4.69, 9.17) is 0 Å². The molecule has 0 spiro atoms. The molecule has 0 amide bonds. The summed E-state index contributed by atoms with van der Waals surface area (Å²) in [6.07, 6.45) is 6.97. The molecular formula is C14H20NO. The second-order valence-corrected chi connectivity index (χ2v) is 4.13. The van der Waals surface area contributed by atoms with Gasteiger partial charge in [0, 0.05) is 24.8 Å². The van der Waals surface area contributed by atoms with E-state index in [1.807, 2.05) is 24.5 Å². The summed E-state index contributed by atoms with van der Waals surface area (Å²) in [4.78, 5) is 12.7. The number of hydrogen-bond donors (Lipinski definition) is 0. The molecule has 16 heavy (non-hydrogen) atoms. The molecule has 1 rings (SSSR count). The monoisotopic (exact) mass is 218 g/mol. The molecule has 0 N–H and O–H groups in total. The fraction of sp³-hybridized carbons (Fsp3) is 0.500. The van der Waals surface area contributed by atoms with Crippen LogP contribution in [0, 0.1) is 0 Å². The zero-order valence-electron chi connectivity index (χ0n) is 10.2. The van der Waals surface area contributed by atoms with E-state index < -0.39 is 0 Å². The van der Waals surface area contributed by atoms with Crippen molar-refractivity contribution in [2.45, 2.75) is 32.6 Å². The summed E-state index contributed by atoms with van der Waals surface area (Å²) >= 11 is 0. The van der Waals surface area contributed by atoms with Crippen LogP contribution in [0.15, 0.2) is 24.3 Å². The number of anilines is 1. The van der Waals surface area contributed by atoms with Crippen molar-refractivity contribution in [3.05, 3.63) is 29.8 Å². The molecule has 0 bridgehead atoms. The van der Waals surface area contributed by atoms with Gasteiger partial charge in [-0.05, 0) is 18.6 Å². The summed E-state index contributed by atoms with van der Waals surface area (Å²) < 4.78 is 0. The van der Waals surface area contributed by atoms with Crippen molar-refractivity contribution >= 4 is 12.0 Å². The topological polar surface area (TPSA) is 20.3 Å². The largest absolute Gasteiger partial charge is 0.375 e. The Morgan fingerprint density at radius 3 is 2.75 bits per heavy atom. The van der Waals surface area contributed by atoms with Gasteiger partial charge < -0.3 is 4.90 Å².